The minimum absolute atomic E-state index is 0.518. The molecule has 0 saturated carbocycles. The molecule has 1 heterocycles. The summed E-state index contributed by atoms with van der Waals surface area (Å²) >= 11 is 0. The van der Waals surface area contributed by atoms with Crippen LogP contribution in [-0.4, -0.2) is 23.4 Å². The normalized spacial score (nSPS) is 12.6. The van der Waals surface area contributed by atoms with Crippen molar-refractivity contribution < 1.29 is 19.1 Å². The maximum atomic E-state index is 12.6. The van der Waals surface area contributed by atoms with E-state index in [0.717, 1.165) is 39.6 Å². The highest BCUT2D eigenvalue weighted by atomic mass is 16.6. The van der Waals surface area contributed by atoms with Gasteiger partial charge >= 0.3 is 12.2 Å². The number of nitrogens with one attached hydrogen (secondary N) is 3. The van der Waals surface area contributed by atoms with Crippen LogP contribution in [0.1, 0.15) is 52.7 Å². The van der Waals surface area contributed by atoms with Gasteiger partial charge in [-0.3, -0.25) is 10.6 Å². The van der Waals surface area contributed by atoms with Crippen LogP contribution in [0, 0.1) is 13.8 Å². The molecule has 3 N–H and O–H groups in total. The second-order valence-electron chi connectivity index (χ2n) is 11.4. The van der Waals surface area contributed by atoms with Crippen molar-refractivity contribution in [3.05, 3.63) is 65.7 Å². The molecule has 0 fully saturated rings. The number of amides is 2. The molecule has 0 saturated heterocycles. The fourth-order valence-corrected chi connectivity index (χ4v) is 4.19. The van der Waals surface area contributed by atoms with E-state index in [1.165, 1.54) is 0 Å². The van der Waals surface area contributed by atoms with Crippen molar-refractivity contribution in [1.82, 2.24) is 0 Å². The second kappa shape index (κ2) is 9.93. The molecule has 200 valence electrons. The standard InChI is InChI=1S/C30H36N4O4/c1-18-14-23-25(16-21(18)32-27(35)37-29(3,4)5)34(20-12-10-9-11-13-20)26-17-22(19(2)15-24(26)31-23)33-28(36)38-30(6,7)8/h9-17,31H,1-8H3,(H,32,35)(H,33,36). The zero-order valence-electron chi connectivity index (χ0n) is 23.3. The maximum absolute atomic E-state index is 12.6. The first-order valence-electron chi connectivity index (χ1n) is 12.6. The van der Waals surface area contributed by atoms with E-state index in [2.05, 4.69) is 20.9 Å². The van der Waals surface area contributed by atoms with Gasteiger partial charge in [-0.25, -0.2) is 9.59 Å². The summed E-state index contributed by atoms with van der Waals surface area (Å²) in [6.07, 6.45) is -1.04. The smallest absolute Gasteiger partial charge is 0.412 e. The molecule has 0 aromatic heterocycles. The van der Waals surface area contributed by atoms with Gasteiger partial charge in [-0.05, 0) is 103 Å². The summed E-state index contributed by atoms with van der Waals surface area (Å²) in [6, 6.07) is 17.8. The molecule has 38 heavy (non-hydrogen) atoms. The third-order valence-corrected chi connectivity index (χ3v) is 5.72. The first-order chi connectivity index (χ1) is 17.7. The Morgan fingerprint density at radius 2 is 1.13 bits per heavy atom. The van der Waals surface area contributed by atoms with Crippen LogP contribution in [0.4, 0.5) is 49.4 Å². The lowest BCUT2D eigenvalue weighted by Crippen LogP contribution is -2.28. The lowest BCUT2D eigenvalue weighted by molar-refractivity contribution is 0.0624. The third-order valence-electron chi connectivity index (χ3n) is 5.72. The average molecular weight is 517 g/mol. The van der Waals surface area contributed by atoms with Crippen molar-refractivity contribution in [3.8, 4) is 0 Å². The van der Waals surface area contributed by atoms with E-state index >= 15 is 0 Å². The van der Waals surface area contributed by atoms with Crippen LogP contribution in [0.15, 0.2) is 54.6 Å². The Morgan fingerprint density at radius 1 is 0.711 bits per heavy atom. The van der Waals surface area contributed by atoms with Crippen LogP contribution in [0.2, 0.25) is 0 Å². The molecule has 8 heteroatoms. The number of nitrogens with zero attached hydrogens (tertiary/aromatic N) is 1. The van der Waals surface area contributed by atoms with E-state index in [-0.39, 0.29) is 0 Å². The fourth-order valence-electron chi connectivity index (χ4n) is 4.19. The molecular weight excluding hydrogens is 480 g/mol. The molecule has 2 amide bonds. The number of para-hydroxylation sites is 1. The van der Waals surface area contributed by atoms with Crippen LogP contribution in [0.25, 0.3) is 0 Å². The van der Waals surface area contributed by atoms with E-state index in [4.69, 9.17) is 9.47 Å². The molecule has 0 bridgehead atoms. The number of benzene rings is 3. The summed E-state index contributed by atoms with van der Waals surface area (Å²) in [6.45, 7) is 14.9. The Balaban J connectivity index is 1.78. The number of rotatable bonds is 3. The molecule has 4 rings (SSSR count). The Hall–Kier alpha value is -4.20. The van der Waals surface area contributed by atoms with Crippen molar-refractivity contribution in [3.63, 3.8) is 0 Å². The highest BCUT2D eigenvalue weighted by molar-refractivity contribution is 6.01. The molecule has 0 unspecified atom stereocenters. The highest BCUT2D eigenvalue weighted by Crippen LogP contribution is 2.50. The second-order valence-corrected chi connectivity index (χ2v) is 11.4. The summed E-state index contributed by atoms with van der Waals surface area (Å²) in [7, 11) is 0. The minimum Gasteiger partial charge on any atom is -0.444 e. The molecule has 0 radical (unpaired) electrons. The third kappa shape index (κ3) is 6.19. The average Bonchev–Trinajstić information content (AvgIpc) is 2.77. The van der Waals surface area contributed by atoms with Gasteiger partial charge in [-0.1, -0.05) is 18.2 Å². The van der Waals surface area contributed by atoms with E-state index in [1.807, 2.05) is 110 Å². The number of carbonyl (C=O) groups excluding carboxylic acids is 2. The number of fused-ring (bicyclic) bond motifs is 2. The van der Waals surface area contributed by atoms with Crippen LogP contribution in [0.3, 0.4) is 0 Å². The zero-order chi connectivity index (χ0) is 27.8. The molecule has 3 aromatic rings. The van der Waals surface area contributed by atoms with E-state index in [9.17, 15) is 9.59 Å². The number of hydrogen-bond acceptors (Lipinski definition) is 6. The Morgan fingerprint density at radius 3 is 1.53 bits per heavy atom. The van der Waals surface area contributed by atoms with E-state index < -0.39 is 23.4 Å². The molecular formula is C30H36N4O4. The Kier molecular flexibility index (Phi) is 7.02. The molecule has 8 nitrogen and oxygen atoms in total. The Bertz CT molecular complexity index is 1290. The molecule has 0 atom stereocenters. The zero-order valence-corrected chi connectivity index (χ0v) is 23.3. The van der Waals surface area contributed by atoms with Gasteiger partial charge in [0.15, 0.2) is 0 Å². The van der Waals surface area contributed by atoms with Gasteiger partial charge in [-0.2, -0.15) is 0 Å². The Labute approximate surface area is 224 Å². The van der Waals surface area contributed by atoms with Gasteiger partial charge in [0.2, 0.25) is 0 Å². The highest BCUT2D eigenvalue weighted by Gasteiger charge is 2.28. The van der Waals surface area contributed by atoms with Crippen LogP contribution >= 0.6 is 0 Å². The van der Waals surface area contributed by atoms with Crippen LogP contribution in [-0.2, 0) is 9.47 Å². The predicted octanol–water partition coefficient (Wildman–Crippen LogP) is 8.52. The summed E-state index contributed by atoms with van der Waals surface area (Å²) in [5.74, 6) is 0. The van der Waals surface area contributed by atoms with E-state index in [0.29, 0.717) is 11.4 Å². The molecule has 1 aliphatic heterocycles. The monoisotopic (exact) mass is 516 g/mol. The molecule has 3 aromatic carbocycles. The maximum Gasteiger partial charge on any atom is 0.412 e. The van der Waals surface area contributed by atoms with Crippen molar-refractivity contribution in [2.75, 3.05) is 20.9 Å². The van der Waals surface area contributed by atoms with Crippen molar-refractivity contribution >= 4 is 52.0 Å². The lowest BCUT2D eigenvalue weighted by atomic mass is 10.0. The minimum atomic E-state index is -0.613. The number of ether oxygens (including phenoxy) is 2. The number of anilines is 7. The first-order valence-corrected chi connectivity index (χ1v) is 12.6. The number of carbonyl (C=O) groups is 2. The topological polar surface area (TPSA) is 91.9 Å². The number of hydrogen-bond donors (Lipinski definition) is 3. The lowest BCUT2D eigenvalue weighted by Gasteiger charge is -2.35. The van der Waals surface area contributed by atoms with E-state index in [1.54, 1.807) is 0 Å². The van der Waals surface area contributed by atoms with Crippen LogP contribution in [0.5, 0.6) is 0 Å². The van der Waals surface area contributed by atoms with Crippen molar-refractivity contribution in [2.45, 2.75) is 66.6 Å². The SMILES string of the molecule is Cc1cc2c(cc1NC(=O)OC(C)(C)C)N(c1ccccc1)c1cc(NC(=O)OC(C)(C)C)c(C)cc1N2. The quantitative estimate of drug-likeness (QED) is 0.253. The summed E-state index contributed by atoms with van der Waals surface area (Å²) in [5, 5.41) is 9.31. The van der Waals surface area contributed by atoms with Gasteiger partial charge in [0.1, 0.15) is 11.2 Å². The van der Waals surface area contributed by atoms with Crippen LogP contribution < -0.4 is 20.9 Å². The molecule has 0 aliphatic carbocycles. The van der Waals surface area contributed by atoms with Gasteiger partial charge in [0.25, 0.3) is 0 Å². The largest absolute Gasteiger partial charge is 0.444 e. The first kappa shape index (κ1) is 26.9. The number of aryl methyl sites for hydroxylation is 2. The summed E-state index contributed by atoms with van der Waals surface area (Å²) < 4.78 is 11.0. The summed E-state index contributed by atoms with van der Waals surface area (Å²) in [5.41, 5.74) is 6.22. The van der Waals surface area contributed by atoms with Gasteiger partial charge < -0.3 is 19.7 Å². The predicted molar refractivity (Wildman–Crippen MR) is 154 cm³/mol. The molecule has 1 aliphatic rings. The van der Waals surface area contributed by atoms with Crippen molar-refractivity contribution in [1.29, 1.82) is 0 Å². The van der Waals surface area contributed by atoms with Crippen molar-refractivity contribution in [2.24, 2.45) is 0 Å². The van der Waals surface area contributed by atoms with Gasteiger partial charge in [0.05, 0.1) is 22.7 Å². The molecule has 0 spiro atoms. The van der Waals surface area contributed by atoms with Gasteiger partial charge in [-0.15, -0.1) is 0 Å². The van der Waals surface area contributed by atoms with Gasteiger partial charge in [0, 0.05) is 17.1 Å². The fraction of sp³-hybridized carbons (Fsp3) is 0.333. The summed E-state index contributed by atoms with van der Waals surface area (Å²) in [4.78, 5) is 27.2.